The van der Waals surface area contributed by atoms with E-state index >= 15 is 0 Å². The van der Waals surface area contributed by atoms with Crippen LogP contribution >= 0.6 is 23.2 Å². The maximum atomic E-state index is 14.0. The van der Waals surface area contributed by atoms with Gasteiger partial charge in [0.25, 0.3) is 5.91 Å². The van der Waals surface area contributed by atoms with Crippen LogP contribution in [-0.4, -0.2) is 35.4 Å². The molecule has 0 radical (unpaired) electrons. The Morgan fingerprint density at radius 3 is 2.23 bits per heavy atom. The molecule has 1 atom stereocenters. The number of benzene rings is 3. The molecular formula is C33H38Cl2N2O3. The first-order valence-corrected chi connectivity index (χ1v) is 14.9. The van der Waals surface area contributed by atoms with Crippen LogP contribution in [-0.2, 0) is 22.6 Å². The molecule has 40 heavy (non-hydrogen) atoms. The van der Waals surface area contributed by atoms with Crippen LogP contribution in [0, 0.1) is 0 Å². The average Bonchev–Trinajstić information content (AvgIpc) is 2.96. The molecular weight excluding hydrogens is 543 g/mol. The van der Waals surface area contributed by atoms with Crippen LogP contribution in [0.2, 0.25) is 10.0 Å². The third-order valence-electron chi connectivity index (χ3n) is 7.50. The first-order chi connectivity index (χ1) is 19.3. The quantitative estimate of drug-likeness (QED) is 0.254. The Labute approximate surface area is 247 Å². The van der Waals surface area contributed by atoms with Crippen molar-refractivity contribution in [3.8, 4) is 5.75 Å². The van der Waals surface area contributed by atoms with Crippen LogP contribution in [0.5, 0.6) is 5.75 Å². The van der Waals surface area contributed by atoms with E-state index in [0.717, 1.165) is 36.8 Å². The minimum absolute atomic E-state index is 0.0854. The maximum absolute atomic E-state index is 14.0. The van der Waals surface area contributed by atoms with Crippen molar-refractivity contribution in [2.45, 2.75) is 76.9 Å². The first-order valence-electron chi connectivity index (χ1n) is 14.1. The summed E-state index contributed by atoms with van der Waals surface area (Å²) in [5.41, 5.74) is 2.58. The highest BCUT2D eigenvalue weighted by atomic mass is 35.5. The number of para-hydroxylation sites is 1. The van der Waals surface area contributed by atoms with Gasteiger partial charge in [0.1, 0.15) is 11.8 Å². The van der Waals surface area contributed by atoms with Gasteiger partial charge in [-0.25, -0.2) is 0 Å². The highest BCUT2D eigenvalue weighted by Gasteiger charge is 2.33. The second-order valence-corrected chi connectivity index (χ2v) is 11.6. The van der Waals surface area contributed by atoms with Crippen LogP contribution in [0.4, 0.5) is 0 Å². The Balaban J connectivity index is 1.66. The Bertz CT molecular complexity index is 1260. The zero-order chi connectivity index (χ0) is 28.5. The van der Waals surface area contributed by atoms with E-state index in [4.69, 9.17) is 27.9 Å². The molecule has 0 heterocycles. The lowest BCUT2D eigenvalue weighted by molar-refractivity contribution is -0.143. The van der Waals surface area contributed by atoms with Crippen LogP contribution in [0.25, 0.3) is 0 Å². The number of hydrogen-bond donors (Lipinski definition) is 1. The van der Waals surface area contributed by atoms with Crippen molar-refractivity contribution in [1.29, 1.82) is 0 Å². The largest absolute Gasteiger partial charge is 0.483 e. The van der Waals surface area contributed by atoms with Gasteiger partial charge in [-0.3, -0.25) is 9.59 Å². The topological polar surface area (TPSA) is 58.6 Å². The lowest BCUT2D eigenvalue weighted by Crippen LogP contribution is -2.53. The van der Waals surface area contributed by atoms with Gasteiger partial charge in [-0.15, -0.1) is 0 Å². The van der Waals surface area contributed by atoms with Crippen molar-refractivity contribution >= 4 is 35.0 Å². The zero-order valence-electron chi connectivity index (χ0n) is 23.2. The minimum atomic E-state index is -0.770. The fourth-order valence-electron chi connectivity index (χ4n) is 5.26. The van der Waals surface area contributed by atoms with Crippen molar-refractivity contribution in [1.82, 2.24) is 10.2 Å². The number of ether oxygens (including phenoxy) is 1. The van der Waals surface area contributed by atoms with Crippen LogP contribution < -0.4 is 10.1 Å². The predicted octanol–water partition coefficient (Wildman–Crippen LogP) is 7.58. The van der Waals surface area contributed by atoms with E-state index in [1.165, 1.54) is 6.42 Å². The fourth-order valence-corrected chi connectivity index (χ4v) is 5.78. The summed E-state index contributed by atoms with van der Waals surface area (Å²) < 4.78 is 6.08. The van der Waals surface area contributed by atoms with Crippen molar-refractivity contribution in [2.75, 3.05) is 6.61 Å². The molecule has 0 aliphatic heterocycles. The minimum Gasteiger partial charge on any atom is -0.483 e. The molecule has 7 heteroatoms. The van der Waals surface area contributed by atoms with Crippen molar-refractivity contribution in [2.24, 2.45) is 0 Å². The van der Waals surface area contributed by atoms with Crippen molar-refractivity contribution in [3.63, 3.8) is 0 Å². The van der Waals surface area contributed by atoms with E-state index in [1.54, 1.807) is 23.1 Å². The molecule has 1 aliphatic carbocycles. The van der Waals surface area contributed by atoms with Gasteiger partial charge in [0.05, 0.1) is 0 Å². The van der Waals surface area contributed by atoms with Gasteiger partial charge in [-0.2, -0.15) is 0 Å². The summed E-state index contributed by atoms with van der Waals surface area (Å²) in [6.45, 7) is 4.04. The van der Waals surface area contributed by atoms with E-state index in [-0.39, 0.29) is 36.9 Å². The second kappa shape index (κ2) is 14.6. The maximum Gasteiger partial charge on any atom is 0.261 e. The SMILES string of the molecule is CC(C)c1ccccc1OCC(=O)N(Cc1c(Cl)cccc1Cl)C(Cc1ccccc1)C(=O)NC1CCCCC1. The van der Waals surface area contributed by atoms with Gasteiger partial charge < -0.3 is 15.0 Å². The number of rotatable bonds is 11. The van der Waals surface area contributed by atoms with E-state index in [2.05, 4.69) is 19.2 Å². The summed E-state index contributed by atoms with van der Waals surface area (Å²) >= 11 is 13.1. The van der Waals surface area contributed by atoms with Crippen LogP contribution in [0.1, 0.15) is 68.6 Å². The molecule has 5 nitrogen and oxygen atoms in total. The highest BCUT2D eigenvalue weighted by molar-refractivity contribution is 6.36. The highest BCUT2D eigenvalue weighted by Crippen LogP contribution is 2.29. The summed E-state index contributed by atoms with van der Waals surface area (Å²) in [5, 5.41) is 4.14. The number of nitrogens with zero attached hydrogens (tertiary/aromatic N) is 1. The number of nitrogens with one attached hydrogen (secondary N) is 1. The smallest absolute Gasteiger partial charge is 0.261 e. The number of hydrogen-bond acceptors (Lipinski definition) is 3. The van der Waals surface area contributed by atoms with Gasteiger partial charge in [0, 0.05) is 34.6 Å². The Hall–Kier alpha value is -3.02. The predicted molar refractivity (Wildman–Crippen MR) is 162 cm³/mol. The number of halogens is 2. The monoisotopic (exact) mass is 580 g/mol. The number of amides is 2. The fraction of sp³-hybridized carbons (Fsp3) is 0.394. The molecule has 212 valence electrons. The third kappa shape index (κ3) is 8.02. The van der Waals surface area contributed by atoms with Gasteiger partial charge in [-0.05, 0) is 48.1 Å². The Morgan fingerprint density at radius 1 is 0.900 bits per heavy atom. The molecule has 1 N–H and O–H groups in total. The Morgan fingerprint density at radius 2 is 1.55 bits per heavy atom. The summed E-state index contributed by atoms with van der Waals surface area (Å²) in [4.78, 5) is 29.5. The van der Waals surface area contributed by atoms with Crippen molar-refractivity contribution in [3.05, 3.63) is 99.5 Å². The van der Waals surface area contributed by atoms with Crippen LogP contribution in [0.3, 0.4) is 0 Å². The van der Waals surface area contributed by atoms with Gasteiger partial charge in [0.2, 0.25) is 5.91 Å². The summed E-state index contributed by atoms with van der Waals surface area (Å²) in [6, 6.07) is 22.1. The molecule has 1 aliphatic rings. The van der Waals surface area contributed by atoms with E-state index < -0.39 is 6.04 Å². The lowest BCUT2D eigenvalue weighted by atomic mass is 9.94. The van der Waals surface area contributed by atoms with E-state index in [1.807, 2.05) is 54.6 Å². The van der Waals surface area contributed by atoms with Gasteiger partial charge in [-0.1, -0.05) is 111 Å². The molecule has 0 saturated heterocycles. The molecule has 0 bridgehead atoms. The normalized spacial score (nSPS) is 14.5. The summed E-state index contributed by atoms with van der Waals surface area (Å²) in [5.74, 6) is 0.411. The average molecular weight is 582 g/mol. The van der Waals surface area contributed by atoms with Crippen LogP contribution in [0.15, 0.2) is 72.8 Å². The molecule has 1 saturated carbocycles. The second-order valence-electron chi connectivity index (χ2n) is 10.8. The van der Waals surface area contributed by atoms with E-state index in [0.29, 0.717) is 27.8 Å². The third-order valence-corrected chi connectivity index (χ3v) is 8.21. The lowest BCUT2D eigenvalue weighted by Gasteiger charge is -2.34. The zero-order valence-corrected chi connectivity index (χ0v) is 24.8. The Kier molecular flexibility index (Phi) is 10.9. The molecule has 0 aromatic heterocycles. The van der Waals surface area contributed by atoms with E-state index in [9.17, 15) is 9.59 Å². The first kappa shape index (κ1) is 30.0. The molecule has 3 aromatic rings. The standard InChI is InChI=1S/C33H38Cl2N2O3/c1-23(2)26-16-9-10-19-31(26)40-22-32(38)37(21-27-28(34)17-11-18-29(27)35)30(20-24-12-5-3-6-13-24)33(39)36-25-14-7-4-8-15-25/h3,5-6,9-13,16-19,23,25,30H,4,7-8,14-15,20-22H2,1-2H3,(H,36,39). The van der Waals surface area contributed by atoms with Gasteiger partial charge in [0.15, 0.2) is 6.61 Å². The number of carbonyl (C=O) groups is 2. The molecule has 3 aromatic carbocycles. The molecule has 0 spiro atoms. The summed E-state index contributed by atoms with van der Waals surface area (Å²) in [6.07, 6.45) is 5.62. The molecule has 1 fully saturated rings. The molecule has 1 unspecified atom stereocenters. The van der Waals surface area contributed by atoms with Crippen molar-refractivity contribution < 1.29 is 14.3 Å². The van der Waals surface area contributed by atoms with Gasteiger partial charge >= 0.3 is 0 Å². The molecule has 2 amide bonds. The number of carbonyl (C=O) groups excluding carboxylic acids is 2. The molecule has 4 rings (SSSR count). The summed E-state index contributed by atoms with van der Waals surface area (Å²) in [7, 11) is 0.